The van der Waals surface area contributed by atoms with Gasteiger partial charge in [-0.05, 0) is 43.3 Å². The number of hydrogen-bond acceptors (Lipinski definition) is 8. The minimum absolute atomic E-state index is 0.0288. The van der Waals surface area contributed by atoms with Gasteiger partial charge in [0.2, 0.25) is 0 Å². The zero-order valence-corrected chi connectivity index (χ0v) is 25.6. The molecule has 0 fully saturated rings. The maximum atomic E-state index is 13.1. The Kier molecular flexibility index (Phi) is 9.16. The summed E-state index contributed by atoms with van der Waals surface area (Å²) < 4.78 is 37.6. The van der Waals surface area contributed by atoms with E-state index in [1.54, 1.807) is 10.7 Å². The second-order valence-electron chi connectivity index (χ2n) is 10.9. The van der Waals surface area contributed by atoms with Crippen LogP contribution in [0.1, 0.15) is 32.0 Å². The summed E-state index contributed by atoms with van der Waals surface area (Å²) in [6.07, 6.45) is 2.45. The molecule has 2 heterocycles. The summed E-state index contributed by atoms with van der Waals surface area (Å²) in [4.78, 5) is 28.8. The fourth-order valence-corrected chi connectivity index (χ4v) is 4.75. The van der Waals surface area contributed by atoms with Crippen LogP contribution < -0.4 is 20.7 Å². The number of hydrogen-bond donors (Lipinski definition) is 3. The lowest BCUT2D eigenvalue weighted by Crippen LogP contribution is -2.21. The van der Waals surface area contributed by atoms with Crippen LogP contribution in [0.25, 0.3) is 5.69 Å². The number of amides is 3. The molecule has 3 amide bonds. The number of aryl methyl sites for hydroxylation is 1. The number of nitrogens with zero attached hydrogens (tertiary/aromatic N) is 3. The van der Waals surface area contributed by atoms with Crippen LogP contribution in [0.4, 0.5) is 22.1 Å². The van der Waals surface area contributed by atoms with Gasteiger partial charge in [0, 0.05) is 42.8 Å². The molecule has 43 heavy (non-hydrogen) atoms. The van der Waals surface area contributed by atoms with Crippen LogP contribution in [-0.4, -0.2) is 55.1 Å². The van der Waals surface area contributed by atoms with Crippen molar-refractivity contribution < 1.29 is 27.5 Å². The molecule has 3 N–H and O–H groups in total. The van der Waals surface area contributed by atoms with Crippen LogP contribution >= 0.6 is 0 Å². The Labute approximate surface area is 250 Å². The number of rotatable bonds is 9. The summed E-state index contributed by atoms with van der Waals surface area (Å²) in [6, 6.07) is 16.2. The molecule has 0 aliphatic rings. The minimum Gasteiger partial charge on any atom is -0.456 e. The maximum Gasteiger partial charge on any atom is 0.324 e. The first-order valence-corrected chi connectivity index (χ1v) is 15.1. The number of carbonyl (C=O) groups excluding carboxylic acids is 2. The number of pyridine rings is 1. The predicted octanol–water partition coefficient (Wildman–Crippen LogP) is 5.30. The van der Waals surface area contributed by atoms with E-state index in [-0.39, 0.29) is 39.9 Å². The van der Waals surface area contributed by atoms with E-state index in [4.69, 9.17) is 14.6 Å². The molecule has 13 heteroatoms. The molecule has 4 rings (SSSR count). The summed E-state index contributed by atoms with van der Waals surface area (Å²) in [5, 5.41) is 12.8. The SMILES string of the molecule is COCC(=O)Nc1cc(Oc2ccc(NC(=O)Nc3cc(C(C)(C)C)nn3-c3ccc(C)cc3)cc2S(C)(=O)=O)ccn1. The van der Waals surface area contributed by atoms with Crippen molar-refractivity contribution in [3.05, 3.63) is 78.1 Å². The van der Waals surface area contributed by atoms with Crippen LogP contribution in [0.15, 0.2) is 71.8 Å². The quantitative estimate of drug-likeness (QED) is 0.232. The second kappa shape index (κ2) is 12.6. The van der Waals surface area contributed by atoms with Gasteiger partial charge in [0.05, 0.1) is 11.4 Å². The number of ether oxygens (including phenoxy) is 2. The van der Waals surface area contributed by atoms with Crippen molar-refractivity contribution in [2.24, 2.45) is 0 Å². The molecule has 226 valence electrons. The van der Waals surface area contributed by atoms with E-state index >= 15 is 0 Å². The van der Waals surface area contributed by atoms with Gasteiger partial charge in [0.15, 0.2) is 9.84 Å². The van der Waals surface area contributed by atoms with E-state index in [0.29, 0.717) is 5.82 Å². The van der Waals surface area contributed by atoms with Crippen LogP contribution in [-0.2, 0) is 24.8 Å². The van der Waals surface area contributed by atoms with Gasteiger partial charge >= 0.3 is 6.03 Å². The van der Waals surface area contributed by atoms with Crippen LogP contribution in [0.2, 0.25) is 0 Å². The molecular formula is C30H34N6O6S. The monoisotopic (exact) mass is 606 g/mol. The highest BCUT2D eigenvalue weighted by Crippen LogP contribution is 2.32. The molecule has 12 nitrogen and oxygen atoms in total. The Bertz CT molecular complexity index is 1740. The second-order valence-corrected chi connectivity index (χ2v) is 12.9. The first-order valence-electron chi connectivity index (χ1n) is 13.3. The molecular weight excluding hydrogens is 572 g/mol. The summed E-state index contributed by atoms with van der Waals surface area (Å²) in [5.74, 6) is 0.510. The van der Waals surface area contributed by atoms with Gasteiger partial charge in [-0.25, -0.2) is 22.9 Å². The van der Waals surface area contributed by atoms with Crippen molar-refractivity contribution in [2.75, 3.05) is 35.9 Å². The molecule has 0 aliphatic carbocycles. The Hall–Kier alpha value is -4.75. The average Bonchev–Trinajstić information content (AvgIpc) is 3.34. The standard InChI is InChI=1S/C30H34N6O6S/c1-19-7-10-21(11-8-19)36-27(17-25(35-36)30(2,3)4)34-29(38)32-20-9-12-23(24(15-20)43(6,39)40)42-22-13-14-31-26(16-22)33-28(37)18-41-5/h7-17H,18H2,1-6H3,(H,31,33,37)(H2,32,34,38). The lowest BCUT2D eigenvalue weighted by molar-refractivity contribution is -0.119. The molecule has 0 bridgehead atoms. The zero-order valence-electron chi connectivity index (χ0n) is 24.8. The molecule has 0 saturated carbocycles. The largest absolute Gasteiger partial charge is 0.456 e. The normalized spacial score (nSPS) is 11.6. The average molecular weight is 607 g/mol. The van der Waals surface area contributed by atoms with Crippen molar-refractivity contribution in [2.45, 2.75) is 38.0 Å². The highest BCUT2D eigenvalue weighted by atomic mass is 32.2. The van der Waals surface area contributed by atoms with E-state index in [0.717, 1.165) is 23.2 Å². The van der Waals surface area contributed by atoms with E-state index in [1.165, 1.54) is 43.6 Å². The summed E-state index contributed by atoms with van der Waals surface area (Å²) in [5.41, 5.74) is 2.60. The third kappa shape index (κ3) is 8.17. The van der Waals surface area contributed by atoms with E-state index in [9.17, 15) is 18.0 Å². The third-order valence-corrected chi connectivity index (χ3v) is 7.22. The number of sulfone groups is 1. The lowest BCUT2D eigenvalue weighted by Gasteiger charge is -2.14. The molecule has 0 aliphatic heterocycles. The van der Waals surface area contributed by atoms with Crippen molar-refractivity contribution in [3.8, 4) is 17.2 Å². The topological polar surface area (TPSA) is 154 Å². The van der Waals surface area contributed by atoms with Gasteiger partial charge in [-0.2, -0.15) is 5.10 Å². The van der Waals surface area contributed by atoms with E-state index in [2.05, 4.69) is 20.9 Å². The molecule has 4 aromatic rings. The molecule has 2 aromatic heterocycles. The lowest BCUT2D eigenvalue weighted by atomic mass is 9.92. The van der Waals surface area contributed by atoms with Gasteiger partial charge in [0.1, 0.15) is 34.6 Å². The number of methoxy groups -OCH3 is 1. The fraction of sp³-hybridized carbons (Fsp3) is 0.267. The number of carbonyl (C=O) groups is 2. The number of anilines is 3. The van der Waals surface area contributed by atoms with Crippen molar-refractivity contribution >= 4 is 39.1 Å². The number of benzene rings is 2. The maximum absolute atomic E-state index is 13.1. The fourth-order valence-electron chi connectivity index (χ4n) is 3.94. The predicted molar refractivity (Wildman–Crippen MR) is 164 cm³/mol. The first kappa shape index (κ1) is 31.2. The molecule has 0 saturated heterocycles. The zero-order chi connectivity index (χ0) is 31.4. The molecule has 0 radical (unpaired) electrons. The van der Waals surface area contributed by atoms with Gasteiger partial charge in [-0.1, -0.05) is 38.5 Å². The first-order chi connectivity index (χ1) is 20.2. The smallest absolute Gasteiger partial charge is 0.324 e. The van der Waals surface area contributed by atoms with Crippen LogP contribution in [0.5, 0.6) is 11.5 Å². The molecule has 0 atom stereocenters. The van der Waals surface area contributed by atoms with Gasteiger partial charge in [-0.3, -0.25) is 10.1 Å². The van der Waals surface area contributed by atoms with E-state index in [1.807, 2.05) is 52.0 Å². The number of nitrogens with one attached hydrogen (secondary N) is 3. The highest BCUT2D eigenvalue weighted by Gasteiger charge is 2.22. The van der Waals surface area contributed by atoms with Gasteiger partial charge in [0.25, 0.3) is 5.91 Å². The summed E-state index contributed by atoms with van der Waals surface area (Å²) >= 11 is 0. The Morgan fingerprint density at radius 2 is 1.67 bits per heavy atom. The Morgan fingerprint density at radius 1 is 0.953 bits per heavy atom. The highest BCUT2D eigenvalue weighted by molar-refractivity contribution is 7.90. The van der Waals surface area contributed by atoms with Gasteiger partial charge < -0.3 is 20.1 Å². The third-order valence-electron chi connectivity index (χ3n) is 6.10. The summed E-state index contributed by atoms with van der Waals surface area (Å²) in [6.45, 7) is 7.91. The molecule has 2 aromatic carbocycles. The molecule has 0 spiro atoms. The Balaban J connectivity index is 1.56. The summed E-state index contributed by atoms with van der Waals surface area (Å²) in [7, 11) is -2.39. The van der Waals surface area contributed by atoms with Crippen molar-refractivity contribution in [3.63, 3.8) is 0 Å². The van der Waals surface area contributed by atoms with Crippen LogP contribution in [0.3, 0.4) is 0 Å². The Morgan fingerprint density at radius 3 is 2.33 bits per heavy atom. The van der Waals surface area contributed by atoms with Gasteiger partial charge in [-0.15, -0.1) is 0 Å². The molecule has 0 unspecified atom stereocenters. The van der Waals surface area contributed by atoms with E-state index < -0.39 is 21.8 Å². The number of aromatic nitrogens is 3. The van der Waals surface area contributed by atoms with Crippen molar-refractivity contribution in [1.82, 2.24) is 14.8 Å². The van der Waals surface area contributed by atoms with Crippen molar-refractivity contribution in [1.29, 1.82) is 0 Å². The number of urea groups is 1. The minimum atomic E-state index is -3.78. The van der Waals surface area contributed by atoms with Crippen LogP contribution in [0, 0.1) is 6.92 Å².